The average molecular weight is 300 g/mol. The predicted octanol–water partition coefficient (Wildman–Crippen LogP) is 1.84. The molecule has 1 aromatic carbocycles. The van der Waals surface area contributed by atoms with E-state index in [9.17, 15) is 9.59 Å². The van der Waals surface area contributed by atoms with E-state index < -0.39 is 11.4 Å². The minimum atomic E-state index is -1.03. The number of carbonyl (C=O) groups is 2. The number of carboxylic acids is 1. The van der Waals surface area contributed by atoms with Crippen LogP contribution in [0.3, 0.4) is 0 Å². The van der Waals surface area contributed by atoms with Crippen molar-refractivity contribution in [1.82, 2.24) is 5.32 Å². The van der Waals surface area contributed by atoms with Crippen LogP contribution in [-0.2, 0) is 19.7 Å². The molecule has 2 N–H and O–H groups in total. The first kappa shape index (κ1) is 16.5. The Bertz CT molecular complexity index is 488. The van der Waals surface area contributed by atoms with Crippen molar-refractivity contribution in [1.29, 1.82) is 0 Å². The first-order valence-corrected chi connectivity index (χ1v) is 6.55. The minimum Gasteiger partial charge on any atom is -0.480 e. The zero-order valence-corrected chi connectivity index (χ0v) is 12.2. The largest absolute Gasteiger partial charge is 0.480 e. The molecule has 0 bridgehead atoms. The summed E-state index contributed by atoms with van der Waals surface area (Å²) in [6.45, 7) is 3.64. The molecule has 0 aliphatic carbocycles. The van der Waals surface area contributed by atoms with Crippen LogP contribution in [0, 0.1) is 0 Å². The van der Waals surface area contributed by atoms with Gasteiger partial charge in [0.15, 0.2) is 0 Å². The normalized spacial score (nSPS) is 11.2. The molecule has 5 nitrogen and oxygen atoms in total. The number of benzene rings is 1. The lowest BCUT2D eigenvalue weighted by molar-refractivity contribution is -0.142. The molecule has 0 unspecified atom stereocenters. The maximum Gasteiger partial charge on any atom is 0.329 e. The molecule has 1 rings (SSSR count). The summed E-state index contributed by atoms with van der Waals surface area (Å²) in [4.78, 5) is 22.4. The van der Waals surface area contributed by atoms with E-state index in [1.165, 1.54) is 0 Å². The second kappa shape index (κ2) is 7.26. The fraction of sp³-hybridized carbons (Fsp3) is 0.429. The summed E-state index contributed by atoms with van der Waals surface area (Å²) in [5.74, 6) is -1.20. The molecule has 0 aromatic heterocycles. The number of amides is 1. The Morgan fingerprint density at radius 3 is 2.70 bits per heavy atom. The summed E-state index contributed by atoms with van der Waals surface area (Å²) in [6, 6.07) is 7.13. The fourth-order valence-electron chi connectivity index (χ4n) is 1.63. The van der Waals surface area contributed by atoms with E-state index >= 15 is 0 Å². The van der Waals surface area contributed by atoms with Crippen LogP contribution in [0.4, 0.5) is 0 Å². The van der Waals surface area contributed by atoms with Crippen LogP contribution in [0.25, 0.3) is 0 Å². The summed E-state index contributed by atoms with van der Waals surface area (Å²) >= 11 is 5.92. The van der Waals surface area contributed by atoms with Crippen molar-refractivity contribution in [2.75, 3.05) is 19.8 Å². The van der Waals surface area contributed by atoms with Crippen LogP contribution < -0.4 is 5.32 Å². The van der Waals surface area contributed by atoms with Gasteiger partial charge in [-0.25, -0.2) is 4.79 Å². The second-order valence-corrected chi connectivity index (χ2v) is 5.27. The van der Waals surface area contributed by atoms with Gasteiger partial charge in [0.25, 0.3) is 0 Å². The maximum absolute atomic E-state index is 12.1. The third-order valence-corrected chi connectivity index (χ3v) is 3.11. The van der Waals surface area contributed by atoms with Crippen LogP contribution in [0.5, 0.6) is 0 Å². The van der Waals surface area contributed by atoms with Gasteiger partial charge in [-0.05, 0) is 31.5 Å². The van der Waals surface area contributed by atoms with Crippen LogP contribution in [0.2, 0.25) is 5.02 Å². The molecule has 20 heavy (non-hydrogen) atoms. The molecule has 0 spiro atoms. The fourth-order valence-corrected chi connectivity index (χ4v) is 1.82. The van der Waals surface area contributed by atoms with Gasteiger partial charge < -0.3 is 15.2 Å². The molecule has 0 aliphatic heterocycles. The van der Waals surface area contributed by atoms with Gasteiger partial charge in [-0.15, -0.1) is 0 Å². The molecule has 6 heteroatoms. The first-order valence-electron chi connectivity index (χ1n) is 6.18. The van der Waals surface area contributed by atoms with Crippen molar-refractivity contribution >= 4 is 23.5 Å². The van der Waals surface area contributed by atoms with Gasteiger partial charge in [0.1, 0.15) is 6.61 Å². The number of carbonyl (C=O) groups excluding carboxylic acids is 1. The number of rotatable bonds is 7. The number of ether oxygens (including phenoxy) is 1. The molecule has 110 valence electrons. The van der Waals surface area contributed by atoms with Gasteiger partial charge in [0.05, 0.1) is 12.0 Å². The van der Waals surface area contributed by atoms with Gasteiger partial charge in [-0.1, -0.05) is 23.7 Å². The van der Waals surface area contributed by atoms with Gasteiger partial charge >= 0.3 is 5.97 Å². The summed E-state index contributed by atoms with van der Waals surface area (Å²) < 4.78 is 4.85. The molecule has 0 atom stereocenters. The third-order valence-electron chi connectivity index (χ3n) is 2.87. The minimum absolute atomic E-state index is 0.156. The van der Waals surface area contributed by atoms with E-state index in [1.54, 1.807) is 32.0 Å². The maximum atomic E-state index is 12.1. The first-order chi connectivity index (χ1) is 9.34. The molecule has 1 aromatic rings. The molecular weight excluding hydrogens is 282 g/mol. The second-order valence-electron chi connectivity index (χ2n) is 4.84. The van der Waals surface area contributed by atoms with E-state index in [0.717, 1.165) is 5.56 Å². The molecule has 0 aliphatic rings. The highest BCUT2D eigenvalue weighted by Crippen LogP contribution is 2.25. The summed E-state index contributed by atoms with van der Waals surface area (Å²) in [5, 5.41) is 11.7. The van der Waals surface area contributed by atoms with Crippen LogP contribution in [0.1, 0.15) is 19.4 Å². The molecule has 0 fully saturated rings. The number of nitrogens with one attached hydrogen (secondary N) is 1. The summed E-state index contributed by atoms with van der Waals surface area (Å²) in [6.07, 6.45) is 0. The number of aliphatic carboxylic acids is 1. The van der Waals surface area contributed by atoms with E-state index in [1.807, 2.05) is 6.07 Å². The predicted molar refractivity (Wildman–Crippen MR) is 75.9 cm³/mol. The Balaban J connectivity index is 2.51. The van der Waals surface area contributed by atoms with E-state index in [-0.39, 0.29) is 25.7 Å². The smallest absolute Gasteiger partial charge is 0.329 e. The average Bonchev–Trinajstić information content (AvgIpc) is 2.37. The van der Waals surface area contributed by atoms with E-state index in [2.05, 4.69) is 5.32 Å². The molecule has 0 saturated carbocycles. The van der Waals surface area contributed by atoms with Crippen molar-refractivity contribution < 1.29 is 19.4 Å². The summed E-state index contributed by atoms with van der Waals surface area (Å²) in [7, 11) is 0. The van der Waals surface area contributed by atoms with Crippen molar-refractivity contribution in [3.63, 3.8) is 0 Å². The Kier molecular flexibility index (Phi) is 5.98. The molecule has 0 saturated heterocycles. The number of carboxylic acid groups (broad SMARTS) is 1. The highest BCUT2D eigenvalue weighted by atomic mass is 35.5. The quantitative estimate of drug-likeness (QED) is 0.753. The van der Waals surface area contributed by atoms with Crippen molar-refractivity contribution in [3.05, 3.63) is 34.9 Å². The molecule has 0 heterocycles. The third kappa shape index (κ3) is 4.83. The standard InChI is InChI=1S/C14H18ClNO4/c1-14(2,10-4-3-5-11(15)8-10)13(19)16-6-7-20-9-12(17)18/h3-5,8H,6-7,9H2,1-2H3,(H,16,19)(H,17,18). The Morgan fingerprint density at radius 1 is 1.40 bits per heavy atom. The van der Waals surface area contributed by atoms with E-state index in [0.29, 0.717) is 5.02 Å². The van der Waals surface area contributed by atoms with Crippen LogP contribution in [0.15, 0.2) is 24.3 Å². The lowest BCUT2D eigenvalue weighted by atomic mass is 9.84. The molecular formula is C14H18ClNO4. The zero-order chi connectivity index (χ0) is 15.2. The number of hydrogen-bond donors (Lipinski definition) is 2. The van der Waals surface area contributed by atoms with Gasteiger partial charge in [0, 0.05) is 11.6 Å². The lowest BCUT2D eigenvalue weighted by Crippen LogP contribution is -2.41. The van der Waals surface area contributed by atoms with Crippen LogP contribution in [-0.4, -0.2) is 36.7 Å². The Labute approximate surface area is 122 Å². The van der Waals surface area contributed by atoms with Crippen molar-refractivity contribution in [2.45, 2.75) is 19.3 Å². The topological polar surface area (TPSA) is 75.6 Å². The van der Waals surface area contributed by atoms with Crippen molar-refractivity contribution in [3.8, 4) is 0 Å². The van der Waals surface area contributed by atoms with E-state index in [4.69, 9.17) is 21.4 Å². The van der Waals surface area contributed by atoms with Gasteiger partial charge in [0.2, 0.25) is 5.91 Å². The highest BCUT2D eigenvalue weighted by molar-refractivity contribution is 6.30. The van der Waals surface area contributed by atoms with Gasteiger partial charge in [-0.2, -0.15) is 0 Å². The zero-order valence-electron chi connectivity index (χ0n) is 11.5. The highest BCUT2D eigenvalue weighted by Gasteiger charge is 2.29. The van der Waals surface area contributed by atoms with Crippen molar-refractivity contribution in [2.24, 2.45) is 0 Å². The Morgan fingerprint density at radius 2 is 2.10 bits per heavy atom. The molecule has 0 radical (unpaired) electrons. The number of halogens is 1. The lowest BCUT2D eigenvalue weighted by Gasteiger charge is -2.24. The Hall–Kier alpha value is -1.59. The molecule has 1 amide bonds. The SMILES string of the molecule is CC(C)(C(=O)NCCOCC(=O)O)c1cccc(Cl)c1. The number of hydrogen-bond acceptors (Lipinski definition) is 3. The van der Waals surface area contributed by atoms with Crippen LogP contribution >= 0.6 is 11.6 Å². The van der Waals surface area contributed by atoms with Gasteiger partial charge in [-0.3, -0.25) is 4.79 Å². The summed E-state index contributed by atoms with van der Waals surface area (Å²) in [5.41, 5.74) is 0.0893. The monoisotopic (exact) mass is 299 g/mol.